The number of nitrogens with one attached hydrogen (secondary N) is 1. The fourth-order valence-electron chi connectivity index (χ4n) is 2.42. The Kier molecular flexibility index (Phi) is 4.01. The van der Waals surface area contributed by atoms with Crippen molar-refractivity contribution in [3.05, 3.63) is 41.8 Å². The molecule has 7 heteroatoms. The molecule has 1 saturated heterocycles. The van der Waals surface area contributed by atoms with Gasteiger partial charge in [-0.05, 0) is 19.1 Å². The second-order valence-electron chi connectivity index (χ2n) is 5.42. The van der Waals surface area contributed by atoms with Crippen LogP contribution >= 0.6 is 0 Å². The van der Waals surface area contributed by atoms with Gasteiger partial charge >= 0.3 is 0 Å². The number of hydrogen-bond acceptors (Lipinski definition) is 5. The zero-order valence-electron chi connectivity index (χ0n) is 12.9. The van der Waals surface area contributed by atoms with Gasteiger partial charge in [-0.25, -0.2) is 0 Å². The Balaban J connectivity index is 1.57. The SMILES string of the molecule is COc1ccccc1NC(=O)C1CN(C(=O)c2cc(C)on2)C1. The van der Waals surface area contributed by atoms with Crippen molar-refractivity contribution in [1.82, 2.24) is 10.1 Å². The second kappa shape index (κ2) is 6.12. The molecule has 2 heterocycles. The summed E-state index contributed by atoms with van der Waals surface area (Å²) in [6, 6.07) is 8.79. The number of amides is 2. The van der Waals surface area contributed by atoms with E-state index < -0.39 is 0 Å². The number of aryl methyl sites for hydroxylation is 1. The molecule has 120 valence electrons. The van der Waals surface area contributed by atoms with Crippen LogP contribution in [0.1, 0.15) is 16.2 Å². The van der Waals surface area contributed by atoms with Crippen LogP contribution in [0, 0.1) is 12.8 Å². The standard InChI is InChI=1S/C16H17N3O4/c1-10-7-13(18-23-10)16(21)19-8-11(9-19)15(20)17-12-5-3-4-6-14(12)22-2/h3-7,11H,8-9H2,1-2H3,(H,17,20). The highest BCUT2D eigenvalue weighted by Crippen LogP contribution is 2.26. The number of ether oxygens (including phenoxy) is 1. The summed E-state index contributed by atoms with van der Waals surface area (Å²) in [4.78, 5) is 25.9. The van der Waals surface area contributed by atoms with Gasteiger partial charge in [-0.15, -0.1) is 0 Å². The van der Waals surface area contributed by atoms with E-state index in [0.717, 1.165) is 0 Å². The minimum Gasteiger partial charge on any atom is -0.495 e. The van der Waals surface area contributed by atoms with E-state index in [2.05, 4.69) is 10.5 Å². The number of aromatic nitrogens is 1. The molecule has 1 aliphatic rings. The summed E-state index contributed by atoms with van der Waals surface area (Å²) in [5, 5.41) is 6.53. The van der Waals surface area contributed by atoms with Crippen LogP contribution in [-0.4, -0.2) is 42.1 Å². The molecule has 23 heavy (non-hydrogen) atoms. The minimum atomic E-state index is -0.239. The fraction of sp³-hybridized carbons (Fsp3) is 0.312. The number of hydrogen-bond donors (Lipinski definition) is 1. The number of para-hydroxylation sites is 2. The Hall–Kier alpha value is -2.83. The Labute approximate surface area is 133 Å². The van der Waals surface area contributed by atoms with E-state index >= 15 is 0 Å². The second-order valence-corrected chi connectivity index (χ2v) is 5.42. The van der Waals surface area contributed by atoms with E-state index in [-0.39, 0.29) is 23.4 Å². The first-order valence-electron chi connectivity index (χ1n) is 7.25. The zero-order chi connectivity index (χ0) is 16.4. The Bertz CT molecular complexity index is 734. The van der Waals surface area contributed by atoms with Crippen LogP contribution in [-0.2, 0) is 4.79 Å². The lowest BCUT2D eigenvalue weighted by molar-refractivity contribution is -0.123. The van der Waals surface area contributed by atoms with E-state index in [9.17, 15) is 9.59 Å². The first-order valence-corrected chi connectivity index (χ1v) is 7.25. The van der Waals surface area contributed by atoms with Crippen LogP contribution in [0.25, 0.3) is 0 Å². The predicted octanol–water partition coefficient (Wildman–Crippen LogP) is 1.70. The summed E-state index contributed by atoms with van der Waals surface area (Å²) in [6.07, 6.45) is 0. The Morgan fingerprint density at radius 3 is 2.74 bits per heavy atom. The topological polar surface area (TPSA) is 84.7 Å². The van der Waals surface area contributed by atoms with Gasteiger partial charge in [0.15, 0.2) is 5.69 Å². The molecule has 2 amide bonds. The van der Waals surface area contributed by atoms with Gasteiger partial charge in [0.1, 0.15) is 11.5 Å². The number of carbonyl (C=O) groups excluding carboxylic acids is 2. The lowest BCUT2D eigenvalue weighted by atomic mass is 9.98. The average Bonchev–Trinajstić information content (AvgIpc) is 2.93. The minimum absolute atomic E-state index is 0.130. The maximum atomic E-state index is 12.2. The number of likely N-dealkylation sites (tertiary alicyclic amines) is 1. The summed E-state index contributed by atoms with van der Waals surface area (Å²) in [5.74, 6) is 0.598. The van der Waals surface area contributed by atoms with Crippen LogP contribution in [0.15, 0.2) is 34.9 Å². The Morgan fingerprint density at radius 2 is 2.09 bits per heavy atom. The van der Waals surface area contributed by atoms with E-state index in [1.807, 2.05) is 12.1 Å². The third kappa shape index (κ3) is 3.03. The van der Waals surface area contributed by atoms with Gasteiger partial charge in [0.05, 0.1) is 18.7 Å². The molecule has 1 fully saturated rings. The average molecular weight is 315 g/mol. The van der Waals surface area contributed by atoms with Gasteiger partial charge < -0.3 is 19.5 Å². The number of rotatable bonds is 4. The van der Waals surface area contributed by atoms with Crippen molar-refractivity contribution in [2.45, 2.75) is 6.92 Å². The van der Waals surface area contributed by atoms with Crippen molar-refractivity contribution in [2.75, 3.05) is 25.5 Å². The van der Waals surface area contributed by atoms with Gasteiger partial charge in [0.2, 0.25) is 5.91 Å². The molecular formula is C16H17N3O4. The van der Waals surface area contributed by atoms with Crippen molar-refractivity contribution < 1.29 is 18.8 Å². The molecule has 0 aliphatic carbocycles. The molecule has 0 atom stereocenters. The third-order valence-corrected chi connectivity index (χ3v) is 3.75. The van der Waals surface area contributed by atoms with Gasteiger partial charge in [-0.2, -0.15) is 0 Å². The molecule has 0 saturated carbocycles. The van der Waals surface area contributed by atoms with Gasteiger partial charge in [0.25, 0.3) is 5.91 Å². The molecule has 2 aromatic rings. The van der Waals surface area contributed by atoms with Crippen LogP contribution in [0.2, 0.25) is 0 Å². The molecule has 1 aromatic heterocycles. The van der Waals surface area contributed by atoms with Crippen molar-refractivity contribution in [3.8, 4) is 5.75 Å². The number of methoxy groups -OCH3 is 1. The monoisotopic (exact) mass is 315 g/mol. The molecule has 1 aromatic carbocycles. The highest BCUT2D eigenvalue weighted by Gasteiger charge is 2.37. The molecule has 1 N–H and O–H groups in total. The van der Waals surface area contributed by atoms with Gasteiger partial charge in [-0.1, -0.05) is 17.3 Å². The van der Waals surface area contributed by atoms with E-state index in [0.29, 0.717) is 30.3 Å². The Morgan fingerprint density at radius 1 is 1.35 bits per heavy atom. The normalized spacial score (nSPS) is 14.3. The highest BCUT2D eigenvalue weighted by molar-refractivity contribution is 5.98. The largest absolute Gasteiger partial charge is 0.495 e. The van der Waals surface area contributed by atoms with Crippen LogP contribution in [0.3, 0.4) is 0 Å². The molecule has 0 bridgehead atoms. The van der Waals surface area contributed by atoms with Crippen molar-refractivity contribution in [3.63, 3.8) is 0 Å². The molecule has 0 spiro atoms. The molecular weight excluding hydrogens is 298 g/mol. The maximum absolute atomic E-state index is 12.2. The summed E-state index contributed by atoms with van der Waals surface area (Å²) in [5.41, 5.74) is 0.892. The predicted molar refractivity (Wildman–Crippen MR) is 82.3 cm³/mol. The number of benzene rings is 1. The lowest BCUT2D eigenvalue weighted by Gasteiger charge is -2.37. The fourth-order valence-corrected chi connectivity index (χ4v) is 2.42. The summed E-state index contributed by atoms with van der Waals surface area (Å²) in [7, 11) is 1.55. The molecule has 1 aliphatic heterocycles. The van der Waals surface area contributed by atoms with E-state index in [1.54, 1.807) is 37.1 Å². The molecule has 0 unspecified atom stereocenters. The van der Waals surface area contributed by atoms with Crippen molar-refractivity contribution in [1.29, 1.82) is 0 Å². The van der Waals surface area contributed by atoms with Crippen LogP contribution in [0.5, 0.6) is 5.75 Å². The number of carbonyl (C=O) groups is 2. The first kappa shape index (κ1) is 15.1. The maximum Gasteiger partial charge on any atom is 0.276 e. The highest BCUT2D eigenvalue weighted by atomic mass is 16.5. The van der Waals surface area contributed by atoms with Gasteiger partial charge in [-0.3, -0.25) is 9.59 Å². The first-order chi connectivity index (χ1) is 11.1. The van der Waals surface area contributed by atoms with Crippen LogP contribution < -0.4 is 10.1 Å². The van der Waals surface area contributed by atoms with Crippen molar-refractivity contribution >= 4 is 17.5 Å². The smallest absolute Gasteiger partial charge is 0.276 e. The van der Waals surface area contributed by atoms with Gasteiger partial charge in [0, 0.05) is 19.2 Å². The summed E-state index contributed by atoms with van der Waals surface area (Å²) >= 11 is 0. The quantitative estimate of drug-likeness (QED) is 0.928. The van der Waals surface area contributed by atoms with Crippen LogP contribution in [0.4, 0.5) is 5.69 Å². The van der Waals surface area contributed by atoms with E-state index in [4.69, 9.17) is 9.26 Å². The third-order valence-electron chi connectivity index (χ3n) is 3.75. The molecule has 0 radical (unpaired) electrons. The molecule has 7 nitrogen and oxygen atoms in total. The number of anilines is 1. The van der Waals surface area contributed by atoms with Crippen molar-refractivity contribution in [2.24, 2.45) is 5.92 Å². The molecule has 3 rings (SSSR count). The zero-order valence-corrected chi connectivity index (χ0v) is 12.9. The lowest BCUT2D eigenvalue weighted by Crippen LogP contribution is -2.54. The number of nitrogens with zero attached hydrogens (tertiary/aromatic N) is 2. The summed E-state index contributed by atoms with van der Waals surface area (Å²) in [6.45, 7) is 2.46. The van der Waals surface area contributed by atoms with E-state index in [1.165, 1.54) is 0 Å². The summed E-state index contributed by atoms with van der Waals surface area (Å²) < 4.78 is 10.1.